The van der Waals surface area contributed by atoms with Gasteiger partial charge in [-0.1, -0.05) is 53.8 Å². The van der Waals surface area contributed by atoms with E-state index in [0.717, 1.165) is 25.7 Å². The lowest BCUT2D eigenvalue weighted by Gasteiger charge is -1.97. The Morgan fingerprint density at radius 2 is 0.941 bits per heavy atom. The normalized spacial score (nSPS) is 9.68. The first-order chi connectivity index (χ1) is 31.3. The van der Waals surface area contributed by atoms with Gasteiger partial charge < -0.3 is 45.9 Å². The first-order valence-electron chi connectivity index (χ1n) is 16.5. The van der Waals surface area contributed by atoms with Crippen LogP contribution in [0.25, 0.3) is 0 Å². The lowest BCUT2D eigenvalue weighted by atomic mass is 10.3. The highest BCUT2D eigenvalue weighted by molar-refractivity contribution is 7.75. The second-order valence-corrected chi connectivity index (χ2v) is 13.3. The molecule has 0 aromatic carbocycles. The fourth-order valence-corrected chi connectivity index (χ4v) is 4.09. The van der Waals surface area contributed by atoms with Crippen LogP contribution in [-0.2, 0) is 19.9 Å². The quantitative estimate of drug-likeness (QED) is 0.0412. The van der Waals surface area contributed by atoms with E-state index in [0.29, 0.717) is 33.7 Å². The zero-order valence-corrected chi connectivity index (χ0v) is 37.4. The third kappa shape index (κ3) is 26.6. The monoisotopic (exact) mass is 1050 g/mol. The van der Waals surface area contributed by atoms with Gasteiger partial charge in [0.15, 0.2) is 5.03 Å². The van der Waals surface area contributed by atoms with Crippen LogP contribution in [0.5, 0.6) is 0 Å². The predicted molar refractivity (Wildman–Crippen MR) is 257 cm³/mol. The topological polar surface area (TPSA) is 526 Å². The van der Waals surface area contributed by atoms with E-state index in [1.165, 1.54) is 48.8 Å². The molecule has 6 heterocycles. The molecule has 68 heavy (non-hydrogen) atoms. The van der Waals surface area contributed by atoms with E-state index in [4.69, 9.17) is 97.5 Å². The molecule has 0 aliphatic carbocycles. The minimum atomic E-state index is -1.98. The van der Waals surface area contributed by atoms with Gasteiger partial charge in [-0.25, -0.2) is 45.3 Å². The molecule has 0 aliphatic heterocycles. The number of nitrogens with zero attached hydrogens (tertiary/aromatic N) is 10. The average Bonchev–Trinajstić information content (AvgIpc) is 3.22. The van der Waals surface area contributed by atoms with E-state index in [9.17, 15) is 44.7 Å². The van der Waals surface area contributed by atoms with Crippen LogP contribution < -0.4 is 51.3 Å². The van der Waals surface area contributed by atoms with Crippen LogP contribution in [0.1, 0.15) is 7.43 Å². The number of pyridine rings is 6. The SMILES string of the molecule is C.COS(=O)OO.Nc1cc(Cl)ncc1[N+](=O)[O-].Nc1cc(Cl)ncc1[N+](=O)[O-].Nc1cc(N)c(N)cn1.Nc1cc(N)c([N+](=O)[O-])cn1.Nc1ccnc(Cl)c1.O=[N+]([O-])Nc1ccnc(Cl)c1. The summed E-state index contributed by atoms with van der Waals surface area (Å²) in [4.78, 5) is 60.2. The molecule has 0 bridgehead atoms. The molecule has 0 saturated heterocycles. The summed E-state index contributed by atoms with van der Waals surface area (Å²) in [7, 11) is 1.15. The number of nitrogens with two attached hydrogens (primary N) is 8. The van der Waals surface area contributed by atoms with Crippen molar-refractivity contribution in [3.8, 4) is 0 Å². The molecule has 1 unspecified atom stereocenters. The van der Waals surface area contributed by atoms with Gasteiger partial charge in [0.2, 0.25) is 0 Å². The highest BCUT2D eigenvalue weighted by atomic mass is 35.5. The molecule has 0 spiro atoms. The summed E-state index contributed by atoms with van der Waals surface area (Å²) in [6, 6.07) is 11.3. The molecular weight excluding hydrogens is 1020 g/mol. The summed E-state index contributed by atoms with van der Waals surface area (Å²) in [6.45, 7) is 0. The smallest absolute Gasteiger partial charge is 0.333 e. The molecule has 36 heteroatoms. The Morgan fingerprint density at radius 1 is 0.559 bits per heavy atom. The molecule has 368 valence electrons. The number of nitro groups is 4. The fraction of sp³-hybridized carbons (Fsp3) is 0.0625. The van der Waals surface area contributed by atoms with Gasteiger partial charge in [0.05, 0.1) is 39.5 Å². The van der Waals surface area contributed by atoms with Crippen molar-refractivity contribution in [2.45, 2.75) is 7.43 Å². The highest BCUT2D eigenvalue weighted by Gasteiger charge is 2.12. The van der Waals surface area contributed by atoms with Crippen molar-refractivity contribution >= 4 is 126 Å². The number of rotatable bonds is 7. The summed E-state index contributed by atoms with van der Waals surface area (Å²) >= 11 is 19.7. The van der Waals surface area contributed by atoms with E-state index >= 15 is 0 Å². The molecule has 31 nitrogen and oxygen atoms in total. The Balaban J connectivity index is 0. The van der Waals surface area contributed by atoms with Gasteiger partial charge in [-0.3, -0.25) is 34.5 Å². The van der Waals surface area contributed by atoms with Crippen molar-refractivity contribution in [2.24, 2.45) is 0 Å². The van der Waals surface area contributed by atoms with Crippen molar-refractivity contribution in [3.63, 3.8) is 0 Å². The summed E-state index contributed by atoms with van der Waals surface area (Å²) in [5, 5.41) is 48.1. The van der Waals surface area contributed by atoms with Crippen LogP contribution in [0.2, 0.25) is 20.6 Å². The number of nitrogens with one attached hydrogen (secondary N) is 1. The van der Waals surface area contributed by atoms with Crippen LogP contribution >= 0.6 is 46.4 Å². The van der Waals surface area contributed by atoms with Crippen LogP contribution in [0, 0.1) is 40.5 Å². The van der Waals surface area contributed by atoms with E-state index in [1.807, 2.05) is 5.43 Å². The number of anilines is 9. The maximum atomic E-state index is 10.2. The number of nitrogen functional groups attached to an aromatic ring is 8. The van der Waals surface area contributed by atoms with Crippen molar-refractivity contribution in [3.05, 3.63) is 147 Å². The molecule has 1 atom stereocenters. The molecule has 6 aromatic heterocycles. The number of halogens is 4. The molecule has 18 N–H and O–H groups in total. The standard InChI is InChI=1S/3C5H4ClN3O2.C5H5ClN2.C5H6N4O2.C5H8N4.CH4O4S.CH4/c2*6-5-1-3(7)4(2-8-5)9(10)11;6-5-3-4(1-2-7-5)8-9(10)11;6-5-3-4(7)1-2-8-5;6-3-1-5(7)8-2-4(3)9(10)11;6-3-1-5(8)9-2-4(3)7;1-4-6(3)5-2;/h2*1-2H,(H2,7,8);1-3H,(H,7,8);1-3H,(H2,7,8);1-2H,(H4,6,7,8);1-2H,7H2,(H4,6,8,9);2H,1H3;1H4. The first-order valence-corrected chi connectivity index (χ1v) is 19.0. The number of hydrogen-bond donors (Lipinski definition) is 10. The van der Waals surface area contributed by atoms with Gasteiger partial charge >= 0.3 is 28.4 Å². The zero-order valence-electron chi connectivity index (χ0n) is 33.5. The average molecular weight is 1060 g/mol. The van der Waals surface area contributed by atoms with Gasteiger partial charge in [-0.15, -0.1) is 9.76 Å². The van der Waals surface area contributed by atoms with Gasteiger partial charge in [-0.05, 0) is 18.2 Å². The van der Waals surface area contributed by atoms with Gasteiger partial charge in [-0.2, -0.15) is 4.21 Å². The fourth-order valence-electron chi connectivity index (χ4n) is 3.34. The van der Waals surface area contributed by atoms with Crippen LogP contribution in [0.4, 0.5) is 68.5 Å². The predicted octanol–water partition coefficient (Wildman–Crippen LogP) is 5.43. The van der Waals surface area contributed by atoms with Gasteiger partial charge in [0, 0.05) is 48.4 Å². The third-order valence-electron chi connectivity index (χ3n) is 6.17. The van der Waals surface area contributed by atoms with Crippen LogP contribution in [0.15, 0.2) is 85.7 Å². The number of hydrazine groups is 1. The Bertz CT molecular complexity index is 2450. The molecule has 0 saturated carbocycles. The molecule has 6 rings (SSSR count). The number of aromatic nitrogens is 6. The molecule has 0 amide bonds. The summed E-state index contributed by atoms with van der Waals surface area (Å²) in [5.41, 5.74) is 45.6. The zero-order chi connectivity index (χ0) is 51.4. The van der Waals surface area contributed by atoms with Crippen molar-refractivity contribution in [1.29, 1.82) is 0 Å². The maximum Gasteiger partial charge on any atom is 0.333 e. The third-order valence-corrected chi connectivity index (χ3v) is 7.39. The van der Waals surface area contributed by atoms with Gasteiger partial charge in [0.1, 0.15) is 73.6 Å². The second kappa shape index (κ2) is 32.5. The van der Waals surface area contributed by atoms with Gasteiger partial charge in [0.25, 0.3) is 0 Å². The lowest BCUT2D eigenvalue weighted by molar-refractivity contribution is -0.445. The summed E-state index contributed by atoms with van der Waals surface area (Å²) < 4.78 is 16.6. The second-order valence-electron chi connectivity index (χ2n) is 10.9. The van der Waals surface area contributed by atoms with Crippen LogP contribution in [-0.4, -0.2) is 66.3 Å². The first kappa shape index (κ1) is 62.0. The maximum absolute atomic E-state index is 10.2. The van der Waals surface area contributed by atoms with Crippen molar-refractivity contribution in [2.75, 3.05) is 58.4 Å². The van der Waals surface area contributed by atoms with Crippen molar-refractivity contribution in [1.82, 2.24) is 29.9 Å². The largest absolute Gasteiger partial charge is 0.399 e. The Morgan fingerprint density at radius 3 is 1.24 bits per heavy atom. The number of hydrogen-bond acceptors (Lipinski definition) is 26. The Hall–Kier alpha value is -8.11. The molecule has 0 radical (unpaired) electrons. The molecule has 6 aromatic rings. The summed E-state index contributed by atoms with van der Waals surface area (Å²) in [5.74, 6) is 0.565. The Labute approximate surface area is 405 Å². The molecule has 0 aliphatic rings. The Kier molecular flexibility index (Phi) is 29.6. The minimum Gasteiger partial charge on any atom is -0.399 e. The minimum absolute atomic E-state index is 0. The van der Waals surface area contributed by atoms with E-state index in [2.05, 4.69) is 38.4 Å². The lowest BCUT2D eigenvalue weighted by Crippen LogP contribution is -2.07. The highest BCUT2D eigenvalue weighted by Crippen LogP contribution is 2.23. The van der Waals surface area contributed by atoms with E-state index in [-0.39, 0.29) is 62.8 Å². The van der Waals surface area contributed by atoms with E-state index in [1.54, 1.807) is 18.3 Å². The van der Waals surface area contributed by atoms with Crippen molar-refractivity contribution < 1.29 is 37.8 Å². The van der Waals surface area contributed by atoms with Crippen LogP contribution in [0.3, 0.4) is 0 Å². The van der Waals surface area contributed by atoms with E-state index < -0.39 is 31.2 Å². The molecule has 0 fully saturated rings. The summed E-state index contributed by atoms with van der Waals surface area (Å²) in [6.07, 6.45) is 7.47. The molecular formula is C32H39Cl4N19O12S.